The highest BCUT2D eigenvalue weighted by molar-refractivity contribution is 6.05. The zero-order valence-corrected chi connectivity index (χ0v) is 33.7. The summed E-state index contributed by atoms with van der Waals surface area (Å²) in [4.78, 5) is 30.4. The van der Waals surface area contributed by atoms with Gasteiger partial charge in [0.25, 0.3) is 0 Å². The van der Waals surface area contributed by atoms with E-state index in [0.29, 0.717) is 34.9 Å². The van der Waals surface area contributed by atoms with Crippen LogP contribution in [0.15, 0.2) is 194 Å². The van der Waals surface area contributed by atoms with Crippen LogP contribution in [0.2, 0.25) is 0 Å². The van der Waals surface area contributed by atoms with Crippen molar-refractivity contribution in [3.63, 3.8) is 0 Å². The van der Waals surface area contributed by atoms with Crippen LogP contribution in [0.3, 0.4) is 0 Å². The standard InChI is InChI=1S/C55H38N6/c1-55(2)46-33-32-39(34-45(46)48-44(30-17-31-47(48)55)54-60-51(37-22-11-5-12-23-37)57-52(61-54)38-24-13-6-14-25-38)40-26-15-28-42-41(40)27-16-29-43(42)53-58-49(35-18-7-3-8-19-35)56-50(59-53)36-20-9-4-10-21-36/h3-34H,1-2H3. The van der Waals surface area contributed by atoms with E-state index in [4.69, 9.17) is 29.9 Å². The van der Waals surface area contributed by atoms with Crippen molar-refractivity contribution in [3.8, 4) is 90.6 Å². The summed E-state index contributed by atoms with van der Waals surface area (Å²) in [6.45, 7) is 4.62. The van der Waals surface area contributed by atoms with Gasteiger partial charge in [0.05, 0.1) is 0 Å². The molecule has 0 aliphatic heterocycles. The summed E-state index contributed by atoms with van der Waals surface area (Å²) < 4.78 is 0. The Morgan fingerprint density at radius 2 is 0.672 bits per heavy atom. The Morgan fingerprint density at radius 3 is 1.16 bits per heavy atom. The molecule has 0 spiro atoms. The Bertz CT molecular complexity index is 3140. The molecule has 0 atom stereocenters. The highest BCUT2D eigenvalue weighted by atomic mass is 15.0. The SMILES string of the molecule is CC1(C)c2ccc(-c3cccc4c(-c5nc(-c6ccccc6)nc(-c6ccccc6)n5)cccc34)cc2-c2c(-c3nc(-c4ccccc4)nc(-c4ccccc4)n3)cccc21. The Kier molecular flexibility index (Phi) is 8.71. The number of fused-ring (bicyclic) bond motifs is 4. The summed E-state index contributed by atoms with van der Waals surface area (Å²) in [5, 5.41) is 2.18. The largest absolute Gasteiger partial charge is 0.208 e. The summed E-state index contributed by atoms with van der Waals surface area (Å²) in [7, 11) is 0. The van der Waals surface area contributed by atoms with Crippen molar-refractivity contribution in [3.05, 3.63) is 205 Å². The molecular formula is C55H38N6. The van der Waals surface area contributed by atoms with Crippen LogP contribution in [0.4, 0.5) is 0 Å². The lowest BCUT2D eigenvalue weighted by atomic mass is 9.82. The van der Waals surface area contributed by atoms with Crippen molar-refractivity contribution in [1.29, 1.82) is 0 Å². The van der Waals surface area contributed by atoms with E-state index in [9.17, 15) is 0 Å². The van der Waals surface area contributed by atoms with E-state index < -0.39 is 0 Å². The fraction of sp³-hybridized carbons (Fsp3) is 0.0545. The van der Waals surface area contributed by atoms with Crippen LogP contribution in [0, 0.1) is 0 Å². The highest BCUT2D eigenvalue weighted by Gasteiger charge is 2.37. The Labute approximate surface area is 354 Å². The molecule has 10 aromatic rings. The molecule has 2 heterocycles. The second-order valence-corrected chi connectivity index (χ2v) is 15.9. The average Bonchev–Trinajstić information content (AvgIpc) is 3.57. The van der Waals surface area contributed by atoms with Crippen molar-refractivity contribution in [2.45, 2.75) is 19.3 Å². The van der Waals surface area contributed by atoms with Gasteiger partial charge in [-0.1, -0.05) is 202 Å². The van der Waals surface area contributed by atoms with Crippen LogP contribution < -0.4 is 0 Å². The Morgan fingerprint density at radius 1 is 0.279 bits per heavy atom. The molecular weight excluding hydrogens is 745 g/mol. The maximum absolute atomic E-state index is 5.17. The molecule has 1 aliphatic carbocycles. The number of hydrogen-bond donors (Lipinski definition) is 0. The minimum Gasteiger partial charge on any atom is -0.208 e. The first kappa shape index (κ1) is 36.1. The summed E-state index contributed by atoms with van der Waals surface area (Å²) >= 11 is 0. The molecule has 0 bridgehead atoms. The quantitative estimate of drug-likeness (QED) is 0.160. The van der Waals surface area contributed by atoms with Gasteiger partial charge in [-0.15, -0.1) is 0 Å². The number of rotatable bonds is 7. The number of aromatic nitrogens is 6. The molecule has 0 amide bonds. The maximum atomic E-state index is 5.17. The smallest absolute Gasteiger partial charge is 0.164 e. The summed E-state index contributed by atoms with van der Waals surface area (Å²) in [5.74, 6) is 3.84. The first-order valence-corrected chi connectivity index (χ1v) is 20.5. The molecule has 0 saturated carbocycles. The number of benzene rings is 8. The van der Waals surface area contributed by atoms with Crippen LogP contribution in [0.25, 0.3) is 101 Å². The van der Waals surface area contributed by atoms with Crippen molar-refractivity contribution < 1.29 is 0 Å². The molecule has 0 radical (unpaired) electrons. The Hall–Kier alpha value is -7.96. The molecule has 8 aromatic carbocycles. The minimum absolute atomic E-state index is 0.242. The molecule has 6 heteroatoms. The monoisotopic (exact) mass is 782 g/mol. The lowest BCUT2D eigenvalue weighted by Gasteiger charge is -2.21. The maximum Gasteiger partial charge on any atom is 0.164 e. The number of hydrogen-bond acceptors (Lipinski definition) is 6. The fourth-order valence-electron chi connectivity index (χ4n) is 8.77. The molecule has 0 fully saturated rings. The van der Waals surface area contributed by atoms with E-state index in [0.717, 1.165) is 60.8 Å². The van der Waals surface area contributed by atoms with E-state index in [-0.39, 0.29) is 5.41 Å². The minimum atomic E-state index is -0.242. The van der Waals surface area contributed by atoms with E-state index in [1.165, 1.54) is 16.7 Å². The van der Waals surface area contributed by atoms with Crippen LogP contribution in [-0.2, 0) is 5.41 Å². The van der Waals surface area contributed by atoms with E-state index in [2.05, 4.69) is 111 Å². The van der Waals surface area contributed by atoms with Gasteiger partial charge in [-0.3, -0.25) is 0 Å². The van der Waals surface area contributed by atoms with Gasteiger partial charge in [0.1, 0.15) is 0 Å². The molecule has 0 N–H and O–H groups in total. The van der Waals surface area contributed by atoms with Gasteiger partial charge in [-0.25, -0.2) is 29.9 Å². The highest BCUT2D eigenvalue weighted by Crippen LogP contribution is 2.53. The molecule has 288 valence electrons. The second-order valence-electron chi connectivity index (χ2n) is 15.9. The van der Waals surface area contributed by atoms with Crippen molar-refractivity contribution >= 4 is 10.8 Å². The molecule has 0 saturated heterocycles. The van der Waals surface area contributed by atoms with Crippen LogP contribution in [0.1, 0.15) is 25.0 Å². The normalized spacial score (nSPS) is 12.6. The predicted molar refractivity (Wildman–Crippen MR) is 246 cm³/mol. The van der Waals surface area contributed by atoms with E-state index >= 15 is 0 Å². The summed E-state index contributed by atoms with van der Waals surface area (Å²) in [5.41, 5.74) is 12.6. The van der Waals surface area contributed by atoms with Crippen molar-refractivity contribution in [2.75, 3.05) is 0 Å². The average molecular weight is 783 g/mol. The zero-order valence-electron chi connectivity index (χ0n) is 33.7. The molecule has 0 unspecified atom stereocenters. The summed E-state index contributed by atoms with van der Waals surface area (Å²) in [6.07, 6.45) is 0. The first-order valence-electron chi connectivity index (χ1n) is 20.5. The summed E-state index contributed by atoms with van der Waals surface area (Å²) in [6, 6.07) is 66.9. The Balaban J connectivity index is 1.07. The van der Waals surface area contributed by atoms with Gasteiger partial charge in [-0.05, 0) is 50.2 Å². The third-order valence-corrected chi connectivity index (χ3v) is 11.8. The molecule has 61 heavy (non-hydrogen) atoms. The zero-order chi connectivity index (χ0) is 40.9. The van der Waals surface area contributed by atoms with Gasteiger partial charge >= 0.3 is 0 Å². The molecule has 6 nitrogen and oxygen atoms in total. The topological polar surface area (TPSA) is 77.3 Å². The first-order chi connectivity index (χ1) is 30.0. The molecule has 2 aromatic heterocycles. The molecule has 1 aliphatic rings. The van der Waals surface area contributed by atoms with Gasteiger partial charge in [0.2, 0.25) is 0 Å². The fourth-order valence-corrected chi connectivity index (χ4v) is 8.77. The lowest BCUT2D eigenvalue weighted by molar-refractivity contribution is 0.660. The third kappa shape index (κ3) is 6.37. The lowest BCUT2D eigenvalue weighted by Crippen LogP contribution is -2.14. The van der Waals surface area contributed by atoms with Crippen LogP contribution >= 0.6 is 0 Å². The molecule has 11 rings (SSSR count). The third-order valence-electron chi connectivity index (χ3n) is 11.8. The predicted octanol–water partition coefficient (Wildman–Crippen LogP) is 13.2. The van der Waals surface area contributed by atoms with Gasteiger partial charge < -0.3 is 0 Å². The van der Waals surface area contributed by atoms with Crippen molar-refractivity contribution in [1.82, 2.24) is 29.9 Å². The van der Waals surface area contributed by atoms with Gasteiger partial charge in [0, 0.05) is 38.8 Å². The van der Waals surface area contributed by atoms with Crippen molar-refractivity contribution in [2.24, 2.45) is 0 Å². The van der Waals surface area contributed by atoms with Gasteiger partial charge in [0.15, 0.2) is 34.9 Å². The van der Waals surface area contributed by atoms with Crippen LogP contribution in [0.5, 0.6) is 0 Å². The van der Waals surface area contributed by atoms with E-state index in [1.807, 2.05) is 97.1 Å². The van der Waals surface area contributed by atoms with Gasteiger partial charge in [-0.2, -0.15) is 0 Å². The number of nitrogens with zero attached hydrogens (tertiary/aromatic N) is 6. The van der Waals surface area contributed by atoms with Crippen LogP contribution in [-0.4, -0.2) is 29.9 Å². The van der Waals surface area contributed by atoms with E-state index in [1.54, 1.807) is 0 Å². The second kappa shape index (κ2) is 14.7.